The number of hydrogen-bond acceptors (Lipinski definition) is 2. The Morgan fingerprint density at radius 2 is 2.28 bits per heavy atom. The van der Waals surface area contributed by atoms with Crippen LogP contribution >= 0.6 is 0 Å². The van der Waals surface area contributed by atoms with Crippen LogP contribution in [0.15, 0.2) is 6.07 Å². The second-order valence-corrected chi connectivity index (χ2v) is 4.93. The van der Waals surface area contributed by atoms with Gasteiger partial charge in [0.1, 0.15) is 0 Å². The van der Waals surface area contributed by atoms with Crippen molar-refractivity contribution in [3.8, 4) is 0 Å². The lowest BCUT2D eigenvalue weighted by Crippen LogP contribution is -2.28. The molecule has 1 unspecified atom stereocenters. The van der Waals surface area contributed by atoms with Gasteiger partial charge in [0.25, 0.3) is 0 Å². The molecule has 5 heteroatoms. The smallest absolute Gasteiger partial charge is 0.308 e. The molecule has 0 bridgehead atoms. The van der Waals surface area contributed by atoms with Crippen LogP contribution in [0.1, 0.15) is 23.4 Å². The quantitative estimate of drug-likeness (QED) is 0.840. The molecule has 5 nitrogen and oxygen atoms in total. The number of aromatic nitrogens is 1. The average molecular weight is 250 g/mol. The lowest BCUT2D eigenvalue weighted by Gasteiger charge is -2.15. The molecule has 0 aliphatic carbocycles. The summed E-state index contributed by atoms with van der Waals surface area (Å²) >= 11 is 0. The number of aliphatic carboxylic acids is 1. The van der Waals surface area contributed by atoms with E-state index >= 15 is 0 Å². The van der Waals surface area contributed by atoms with E-state index in [2.05, 4.69) is 11.1 Å². The van der Waals surface area contributed by atoms with E-state index in [0.717, 1.165) is 17.8 Å². The van der Waals surface area contributed by atoms with Crippen LogP contribution in [0.25, 0.3) is 0 Å². The van der Waals surface area contributed by atoms with Crippen LogP contribution in [0.4, 0.5) is 0 Å². The topological polar surface area (TPSA) is 73.4 Å². The molecule has 1 aromatic heterocycles. The molecule has 98 valence electrons. The third-order valence-corrected chi connectivity index (χ3v) is 3.47. The lowest BCUT2D eigenvalue weighted by atomic mass is 10.1. The normalized spacial score (nSPS) is 19.6. The first-order valence-electron chi connectivity index (χ1n) is 6.13. The largest absolute Gasteiger partial charge is 0.481 e. The van der Waals surface area contributed by atoms with Gasteiger partial charge in [0.05, 0.1) is 5.92 Å². The number of H-pyrrole nitrogens is 1. The van der Waals surface area contributed by atoms with Gasteiger partial charge in [0, 0.05) is 30.9 Å². The molecular formula is C13H18N2O3. The van der Waals surface area contributed by atoms with Crippen LogP contribution in [0.5, 0.6) is 0 Å². The van der Waals surface area contributed by atoms with Crippen molar-refractivity contribution in [1.29, 1.82) is 0 Å². The molecule has 0 radical (unpaired) electrons. The van der Waals surface area contributed by atoms with Crippen molar-refractivity contribution in [2.45, 2.75) is 26.7 Å². The highest BCUT2D eigenvalue weighted by Gasteiger charge is 2.33. The molecular weight excluding hydrogens is 232 g/mol. The number of carboxylic acid groups (broad SMARTS) is 1. The van der Waals surface area contributed by atoms with E-state index < -0.39 is 11.9 Å². The van der Waals surface area contributed by atoms with Gasteiger partial charge in [-0.15, -0.1) is 0 Å². The number of nitrogens with one attached hydrogen (secondary N) is 1. The molecule has 1 atom stereocenters. The van der Waals surface area contributed by atoms with E-state index in [1.165, 1.54) is 5.56 Å². The molecule has 0 aromatic carbocycles. The Morgan fingerprint density at radius 3 is 2.78 bits per heavy atom. The number of aromatic amines is 1. The highest BCUT2D eigenvalue weighted by atomic mass is 16.4. The monoisotopic (exact) mass is 250 g/mol. The molecule has 18 heavy (non-hydrogen) atoms. The predicted molar refractivity (Wildman–Crippen MR) is 66.3 cm³/mol. The Morgan fingerprint density at radius 1 is 1.56 bits per heavy atom. The average Bonchev–Trinajstić information content (AvgIpc) is 2.79. The summed E-state index contributed by atoms with van der Waals surface area (Å²) < 4.78 is 0. The fourth-order valence-electron chi connectivity index (χ4n) is 2.45. The van der Waals surface area contributed by atoms with Crippen molar-refractivity contribution in [3.63, 3.8) is 0 Å². The minimum absolute atomic E-state index is 0.0488. The van der Waals surface area contributed by atoms with Crippen LogP contribution in [-0.4, -0.2) is 40.0 Å². The number of carbonyl (C=O) groups excluding carboxylic acids is 1. The maximum Gasteiger partial charge on any atom is 0.308 e. The number of carbonyl (C=O) groups is 2. The Hall–Kier alpha value is -1.78. The van der Waals surface area contributed by atoms with Crippen LogP contribution in [0, 0.1) is 19.8 Å². The van der Waals surface area contributed by atoms with E-state index in [9.17, 15) is 9.59 Å². The number of carboxylic acids is 1. The van der Waals surface area contributed by atoms with E-state index in [0.29, 0.717) is 13.1 Å². The van der Waals surface area contributed by atoms with Gasteiger partial charge in [-0.05, 0) is 31.9 Å². The molecule has 1 saturated heterocycles. The molecule has 0 saturated carbocycles. The summed E-state index contributed by atoms with van der Waals surface area (Å²) in [7, 11) is 0. The molecule has 2 N–H and O–H groups in total. The van der Waals surface area contributed by atoms with Gasteiger partial charge in [-0.25, -0.2) is 0 Å². The molecule has 0 spiro atoms. The zero-order valence-corrected chi connectivity index (χ0v) is 10.7. The van der Waals surface area contributed by atoms with Crippen LogP contribution in [0.2, 0.25) is 0 Å². The lowest BCUT2D eigenvalue weighted by molar-refractivity contribution is -0.141. The summed E-state index contributed by atoms with van der Waals surface area (Å²) in [5.74, 6) is -1.46. The van der Waals surface area contributed by atoms with Crippen molar-refractivity contribution in [2.75, 3.05) is 13.1 Å². The van der Waals surface area contributed by atoms with Crippen molar-refractivity contribution in [2.24, 2.45) is 5.92 Å². The maximum absolute atomic E-state index is 11.7. The zero-order chi connectivity index (χ0) is 13.3. The van der Waals surface area contributed by atoms with Crippen LogP contribution in [-0.2, 0) is 16.0 Å². The van der Waals surface area contributed by atoms with Crippen LogP contribution in [0.3, 0.4) is 0 Å². The fraction of sp³-hybridized carbons (Fsp3) is 0.538. The molecule has 1 fully saturated rings. The van der Waals surface area contributed by atoms with E-state index in [1.807, 2.05) is 13.8 Å². The van der Waals surface area contributed by atoms with Crippen molar-refractivity contribution < 1.29 is 14.7 Å². The molecule has 2 rings (SSSR count). The molecule has 1 amide bonds. The minimum Gasteiger partial charge on any atom is -0.481 e. The predicted octanol–water partition coefficient (Wildman–Crippen LogP) is 1.11. The second-order valence-electron chi connectivity index (χ2n) is 4.93. The standard InChI is InChI=1S/C13H18N2O3/c1-8-5-10(9(2)14-8)3-4-15-7-11(13(17)18)6-12(15)16/h5,11,14H,3-4,6-7H2,1-2H3,(H,17,18). The Balaban J connectivity index is 1.93. The maximum atomic E-state index is 11.7. The third-order valence-electron chi connectivity index (χ3n) is 3.47. The second kappa shape index (κ2) is 4.84. The summed E-state index contributed by atoms with van der Waals surface area (Å²) in [5.41, 5.74) is 3.42. The summed E-state index contributed by atoms with van der Waals surface area (Å²) in [5, 5.41) is 8.90. The van der Waals surface area contributed by atoms with E-state index in [1.54, 1.807) is 4.90 Å². The highest BCUT2D eigenvalue weighted by Crippen LogP contribution is 2.19. The molecule has 2 heterocycles. The van der Waals surface area contributed by atoms with Gasteiger partial charge in [0.2, 0.25) is 5.91 Å². The van der Waals surface area contributed by atoms with Gasteiger partial charge in [-0.3, -0.25) is 9.59 Å². The summed E-state index contributed by atoms with van der Waals surface area (Å²) in [4.78, 5) is 27.4. The number of rotatable bonds is 4. The Kier molecular flexibility index (Phi) is 3.41. The van der Waals surface area contributed by atoms with Gasteiger partial charge in [0.15, 0.2) is 0 Å². The van der Waals surface area contributed by atoms with Gasteiger partial charge >= 0.3 is 5.97 Å². The van der Waals surface area contributed by atoms with Crippen molar-refractivity contribution >= 4 is 11.9 Å². The van der Waals surface area contributed by atoms with E-state index in [-0.39, 0.29) is 12.3 Å². The first-order chi connectivity index (χ1) is 8.47. The van der Waals surface area contributed by atoms with Gasteiger partial charge in [-0.1, -0.05) is 0 Å². The number of nitrogens with zero attached hydrogens (tertiary/aromatic N) is 1. The van der Waals surface area contributed by atoms with Crippen molar-refractivity contribution in [1.82, 2.24) is 9.88 Å². The fourth-order valence-corrected chi connectivity index (χ4v) is 2.45. The SMILES string of the molecule is Cc1cc(CCN2CC(C(=O)O)CC2=O)c(C)[nH]1. The Bertz CT molecular complexity index is 479. The van der Waals surface area contributed by atoms with Crippen molar-refractivity contribution in [3.05, 3.63) is 23.0 Å². The molecule has 1 aromatic rings. The van der Waals surface area contributed by atoms with Gasteiger partial charge < -0.3 is 15.0 Å². The first kappa shape index (κ1) is 12.7. The minimum atomic E-state index is -0.875. The first-order valence-corrected chi connectivity index (χ1v) is 6.13. The highest BCUT2D eigenvalue weighted by molar-refractivity contribution is 5.86. The number of amides is 1. The zero-order valence-electron chi connectivity index (χ0n) is 10.7. The number of hydrogen-bond donors (Lipinski definition) is 2. The number of likely N-dealkylation sites (tertiary alicyclic amines) is 1. The summed E-state index contributed by atoms with van der Waals surface area (Å²) in [6.45, 7) is 4.95. The van der Waals surface area contributed by atoms with Crippen LogP contribution < -0.4 is 0 Å². The van der Waals surface area contributed by atoms with Gasteiger partial charge in [-0.2, -0.15) is 0 Å². The Labute approximate surface area is 106 Å². The number of aryl methyl sites for hydroxylation is 2. The molecule has 1 aliphatic heterocycles. The summed E-state index contributed by atoms with van der Waals surface area (Å²) in [6, 6.07) is 2.07. The molecule has 1 aliphatic rings. The third kappa shape index (κ3) is 2.55. The summed E-state index contributed by atoms with van der Waals surface area (Å²) in [6.07, 6.45) is 0.911. The van der Waals surface area contributed by atoms with E-state index in [4.69, 9.17) is 5.11 Å².